The number of carbonyl (C=O) groups is 1. The average molecular weight is 497 g/mol. The lowest BCUT2D eigenvalue weighted by atomic mass is 10.1. The van der Waals surface area contributed by atoms with E-state index in [4.69, 9.17) is 5.41 Å². The summed E-state index contributed by atoms with van der Waals surface area (Å²) in [7, 11) is 0. The van der Waals surface area contributed by atoms with Gasteiger partial charge in [0.2, 0.25) is 0 Å². The summed E-state index contributed by atoms with van der Waals surface area (Å²) in [5.41, 5.74) is 2.67. The van der Waals surface area contributed by atoms with E-state index >= 15 is 0 Å². The molecule has 4 aromatic rings. The van der Waals surface area contributed by atoms with Gasteiger partial charge in [-0.15, -0.1) is 11.3 Å². The molecule has 1 fully saturated rings. The van der Waals surface area contributed by atoms with Gasteiger partial charge in [-0.25, -0.2) is 9.97 Å². The predicted octanol–water partition coefficient (Wildman–Crippen LogP) is 4.42. The fraction of sp³-hybridized carbons (Fsp3) is 0.185. The topological polar surface area (TPSA) is 96.6 Å². The Bertz CT molecular complexity index is 1440. The minimum absolute atomic E-state index is 0.00476. The van der Waals surface area contributed by atoms with E-state index in [1.807, 2.05) is 59.5 Å². The zero-order valence-corrected chi connectivity index (χ0v) is 20.3. The lowest BCUT2D eigenvalue weighted by Gasteiger charge is -2.35. The van der Waals surface area contributed by atoms with Crippen molar-refractivity contribution >= 4 is 50.4 Å². The van der Waals surface area contributed by atoms with E-state index in [-0.39, 0.29) is 24.0 Å². The monoisotopic (exact) mass is 496 g/mol. The van der Waals surface area contributed by atoms with Gasteiger partial charge in [0.05, 0.1) is 22.3 Å². The van der Waals surface area contributed by atoms with Crippen LogP contribution in [-0.4, -0.2) is 64.4 Å². The van der Waals surface area contributed by atoms with Crippen LogP contribution in [0, 0.1) is 5.41 Å². The Morgan fingerprint density at radius 1 is 0.944 bits per heavy atom. The third-order valence-corrected chi connectivity index (χ3v) is 7.63. The number of piperazine rings is 1. The van der Waals surface area contributed by atoms with Gasteiger partial charge in [0.25, 0.3) is 5.91 Å². The molecule has 1 amide bonds. The number of pyridine rings is 1. The quantitative estimate of drug-likeness (QED) is 0.434. The molecule has 0 radical (unpaired) electrons. The minimum Gasteiger partial charge on any atom is -0.510 e. The molecular weight excluding hydrogens is 472 g/mol. The highest BCUT2D eigenvalue weighted by Crippen LogP contribution is 2.35. The van der Waals surface area contributed by atoms with Crippen LogP contribution in [0.4, 0.5) is 11.5 Å². The number of thiazole rings is 1. The van der Waals surface area contributed by atoms with Crippen LogP contribution in [0.25, 0.3) is 15.8 Å². The molecular formula is C27H24N6O2S. The zero-order valence-electron chi connectivity index (χ0n) is 19.5. The summed E-state index contributed by atoms with van der Waals surface area (Å²) in [6.07, 6.45) is 1.78. The van der Waals surface area contributed by atoms with Crippen LogP contribution in [0.15, 0.2) is 78.7 Å². The first-order valence-corrected chi connectivity index (χ1v) is 12.6. The summed E-state index contributed by atoms with van der Waals surface area (Å²) in [5, 5.41) is 20.0. The van der Waals surface area contributed by atoms with Gasteiger partial charge >= 0.3 is 0 Å². The second-order valence-electron chi connectivity index (χ2n) is 8.76. The summed E-state index contributed by atoms with van der Waals surface area (Å²) in [4.78, 5) is 27.9. The Morgan fingerprint density at radius 2 is 1.69 bits per heavy atom. The molecule has 2 aliphatic heterocycles. The molecule has 4 heterocycles. The van der Waals surface area contributed by atoms with Crippen LogP contribution in [-0.2, 0) is 0 Å². The fourth-order valence-electron chi connectivity index (χ4n) is 4.65. The number of hydrogen-bond donors (Lipinski definition) is 2. The maximum Gasteiger partial charge on any atom is 0.253 e. The number of anilines is 2. The van der Waals surface area contributed by atoms with Crippen LogP contribution in [0.5, 0.6) is 0 Å². The summed E-state index contributed by atoms with van der Waals surface area (Å²) in [6, 6.07) is 20.9. The first-order chi connectivity index (χ1) is 17.6. The number of aliphatic hydroxyl groups excluding tert-OH is 1. The lowest BCUT2D eigenvalue weighted by molar-refractivity contribution is 0.0746. The van der Waals surface area contributed by atoms with Crippen molar-refractivity contribution in [1.29, 1.82) is 5.41 Å². The van der Waals surface area contributed by atoms with E-state index in [9.17, 15) is 9.90 Å². The first kappa shape index (κ1) is 22.2. The van der Waals surface area contributed by atoms with Gasteiger partial charge in [-0.2, -0.15) is 0 Å². The number of aromatic nitrogens is 2. The molecule has 36 heavy (non-hydrogen) atoms. The van der Waals surface area contributed by atoms with E-state index in [2.05, 4.69) is 14.9 Å². The van der Waals surface area contributed by atoms with Gasteiger partial charge in [0, 0.05) is 43.6 Å². The minimum atomic E-state index is -0.00476. The van der Waals surface area contributed by atoms with Crippen molar-refractivity contribution in [3.05, 3.63) is 89.3 Å². The van der Waals surface area contributed by atoms with E-state index in [0.717, 1.165) is 34.8 Å². The van der Waals surface area contributed by atoms with E-state index in [1.54, 1.807) is 23.2 Å². The number of benzene rings is 2. The largest absolute Gasteiger partial charge is 0.510 e. The number of carbonyl (C=O) groups excluding carboxylic acids is 1. The summed E-state index contributed by atoms with van der Waals surface area (Å²) in [5.74, 6) is 1.26. The molecule has 2 aliphatic rings. The highest BCUT2D eigenvalue weighted by atomic mass is 32.1. The molecule has 9 heteroatoms. The number of amidine groups is 1. The average Bonchev–Trinajstić information content (AvgIpc) is 3.48. The van der Waals surface area contributed by atoms with Gasteiger partial charge < -0.3 is 19.8 Å². The maximum atomic E-state index is 13.1. The predicted molar refractivity (Wildman–Crippen MR) is 143 cm³/mol. The third kappa shape index (κ3) is 3.97. The van der Waals surface area contributed by atoms with Gasteiger partial charge in [0.15, 0.2) is 0 Å². The molecule has 0 atom stereocenters. The highest BCUT2D eigenvalue weighted by molar-refractivity contribution is 7.19. The number of aliphatic hydroxyl groups is 1. The second-order valence-corrected chi connectivity index (χ2v) is 9.79. The van der Waals surface area contributed by atoms with Gasteiger partial charge in [0.1, 0.15) is 22.4 Å². The molecule has 0 aliphatic carbocycles. The Labute approximate surface area is 212 Å². The molecule has 2 aromatic carbocycles. The zero-order chi connectivity index (χ0) is 24.6. The maximum absolute atomic E-state index is 13.1. The van der Waals surface area contributed by atoms with Gasteiger partial charge in [-0.05, 0) is 48.5 Å². The third-order valence-electron chi connectivity index (χ3n) is 6.58. The van der Waals surface area contributed by atoms with E-state index in [1.165, 1.54) is 11.3 Å². The van der Waals surface area contributed by atoms with Crippen molar-refractivity contribution in [2.45, 2.75) is 0 Å². The normalized spacial score (nSPS) is 16.3. The van der Waals surface area contributed by atoms with Crippen molar-refractivity contribution < 1.29 is 9.90 Å². The molecule has 2 N–H and O–H groups in total. The smallest absolute Gasteiger partial charge is 0.253 e. The molecule has 0 unspecified atom stereocenters. The van der Waals surface area contributed by atoms with Crippen molar-refractivity contribution in [3.8, 4) is 0 Å². The number of amides is 1. The first-order valence-electron chi connectivity index (χ1n) is 11.8. The van der Waals surface area contributed by atoms with Crippen LogP contribution in [0.3, 0.4) is 0 Å². The number of nitrogens with one attached hydrogen (secondary N) is 1. The fourth-order valence-corrected chi connectivity index (χ4v) is 5.68. The van der Waals surface area contributed by atoms with Gasteiger partial charge in [-0.1, -0.05) is 18.2 Å². The Balaban J connectivity index is 1.13. The van der Waals surface area contributed by atoms with E-state index in [0.29, 0.717) is 29.2 Å². The van der Waals surface area contributed by atoms with Crippen molar-refractivity contribution in [1.82, 2.24) is 14.9 Å². The Kier molecular flexibility index (Phi) is 5.61. The van der Waals surface area contributed by atoms with Crippen LogP contribution in [0.2, 0.25) is 0 Å². The molecule has 0 spiro atoms. The van der Waals surface area contributed by atoms with Crippen molar-refractivity contribution in [2.75, 3.05) is 42.5 Å². The van der Waals surface area contributed by atoms with Crippen LogP contribution in [0.1, 0.15) is 15.4 Å². The summed E-state index contributed by atoms with van der Waals surface area (Å²) in [6.45, 7) is 2.96. The number of para-hydroxylation sites is 1. The molecule has 2 aromatic heterocycles. The molecule has 6 rings (SSSR count). The number of nitrogens with zero attached hydrogens (tertiary/aromatic N) is 5. The molecule has 8 nitrogen and oxygen atoms in total. The standard InChI is InChI=1S/C27H24N6O2S/c28-25-24(26-30-20-5-1-2-6-22(20)36-26)21(34)17-33(25)19-10-8-18(9-11-19)27(35)32-15-13-31(14-16-32)23-7-3-4-12-29-23/h1-12,28,34H,13-17H2. The van der Waals surface area contributed by atoms with E-state index < -0.39 is 0 Å². The van der Waals surface area contributed by atoms with Crippen molar-refractivity contribution in [3.63, 3.8) is 0 Å². The molecule has 1 saturated heterocycles. The summed E-state index contributed by atoms with van der Waals surface area (Å²) >= 11 is 1.47. The van der Waals surface area contributed by atoms with Crippen molar-refractivity contribution in [2.24, 2.45) is 0 Å². The van der Waals surface area contributed by atoms with Crippen LogP contribution < -0.4 is 9.80 Å². The Morgan fingerprint density at radius 3 is 2.42 bits per heavy atom. The number of rotatable bonds is 4. The molecule has 0 bridgehead atoms. The van der Waals surface area contributed by atoms with Gasteiger partial charge in [-0.3, -0.25) is 10.2 Å². The van der Waals surface area contributed by atoms with Crippen LogP contribution >= 0.6 is 11.3 Å². The summed E-state index contributed by atoms with van der Waals surface area (Å²) < 4.78 is 1.02. The Hall–Kier alpha value is -4.24. The number of hydrogen-bond acceptors (Lipinski definition) is 7. The molecule has 180 valence electrons. The number of fused-ring (bicyclic) bond motifs is 1. The molecule has 0 saturated carbocycles. The lowest BCUT2D eigenvalue weighted by Crippen LogP contribution is -2.49. The second kappa shape index (κ2) is 9.09. The SMILES string of the molecule is N=C1C(c2nc3ccccc3s2)=C(O)CN1c1ccc(C(=O)N2CCN(c3ccccn3)CC2)cc1. The highest BCUT2D eigenvalue weighted by Gasteiger charge is 2.31.